The van der Waals surface area contributed by atoms with Gasteiger partial charge in [-0.1, -0.05) is 31.9 Å². The molecule has 0 radical (unpaired) electrons. The zero-order chi connectivity index (χ0) is 21.9. The lowest BCUT2D eigenvalue weighted by molar-refractivity contribution is -0.114. The zero-order valence-corrected chi connectivity index (χ0v) is 19.8. The third kappa shape index (κ3) is 4.53. The van der Waals surface area contributed by atoms with Crippen LogP contribution in [0.15, 0.2) is 33.2 Å². The number of rotatable bonds is 4. The summed E-state index contributed by atoms with van der Waals surface area (Å²) >= 11 is 6.76. The summed E-state index contributed by atoms with van der Waals surface area (Å²) in [7, 11) is 0. The van der Waals surface area contributed by atoms with Crippen LogP contribution in [-0.2, 0) is 4.79 Å². The molecular weight excluding hydrogens is 504 g/mol. The number of carboxylic acids is 1. The van der Waals surface area contributed by atoms with E-state index in [1.54, 1.807) is 24.3 Å². The SMILES string of the molecule is CCN1C(=O)C(=O)c2ccc(Br)c(C)c21.CCNc1c(C(=O)O)ccc(Br)c1C. The number of nitrogens with one attached hydrogen (secondary N) is 1. The Hall–Kier alpha value is -2.19. The second kappa shape index (κ2) is 9.54. The molecule has 154 valence electrons. The van der Waals surface area contributed by atoms with Gasteiger partial charge in [-0.15, -0.1) is 0 Å². The summed E-state index contributed by atoms with van der Waals surface area (Å²) in [6, 6.07) is 6.85. The Kier molecular flexibility index (Phi) is 7.60. The molecule has 8 heteroatoms. The van der Waals surface area contributed by atoms with Crippen LogP contribution in [-0.4, -0.2) is 35.9 Å². The van der Waals surface area contributed by atoms with Gasteiger partial charge in [0, 0.05) is 22.0 Å². The number of nitrogens with zero attached hydrogens (tertiary/aromatic N) is 1. The Labute approximate surface area is 186 Å². The van der Waals surface area contributed by atoms with Gasteiger partial charge in [0.2, 0.25) is 0 Å². The molecule has 3 rings (SSSR count). The van der Waals surface area contributed by atoms with E-state index in [-0.39, 0.29) is 0 Å². The number of amides is 1. The van der Waals surface area contributed by atoms with Crippen molar-refractivity contribution in [1.82, 2.24) is 0 Å². The molecule has 0 atom stereocenters. The van der Waals surface area contributed by atoms with Crippen molar-refractivity contribution >= 4 is 60.9 Å². The minimum Gasteiger partial charge on any atom is -0.478 e. The highest BCUT2D eigenvalue weighted by atomic mass is 79.9. The number of Topliss-reactive ketones (excluding diaryl/α,β-unsaturated/α-hetero) is 1. The fourth-order valence-corrected chi connectivity index (χ4v) is 3.77. The van der Waals surface area contributed by atoms with Crippen molar-refractivity contribution < 1.29 is 19.5 Å². The third-order valence-corrected chi connectivity index (χ3v) is 6.34. The van der Waals surface area contributed by atoms with Crippen LogP contribution < -0.4 is 10.2 Å². The molecule has 0 unspecified atom stereocenters. The van der Waals surface area contributed by atoms with Crippen molar-refractivity contribution in [2.75, 3.05) is 23.3 Å². The van der Waals surface area contributed by atoms with E-state index < -0.39 is 17.7 Å². The van der Waals surface area contributed by atoms with E-state index in [4.69, 9.17) is 5.11 Å². The number of anilines is 2. The fraction of sp³-hybridized carbons (Fsp3) is 0.286. The van der Waals surface area contributed by atoms with E-state index in [0.29, 0.717) is 29.9 Å². The first-order valence-electron chi connectivity index (χ1n) is 9.07. The van der Waals surface area contributed by atoms with Crippen molar-refractivity contribution in [2.24, 2.45) is 0 Å². The molecule has 0 aliphatic carbocycles. The Morgan fingerprint density at radius 3 is 2.17 bits per heavy atom. The number of aromatic carboxylic acids is 1. The van der Waals surface area contributed by atoms with Gasteiger partial charge in [-0.2, -0.15) is 0 Å². The number of fused-ring (bicyclic) bond motifs is 1. The summed E-state index contributed by atoms with van der Waals surface area (Å²) < 4.78 is 1.83. The Morgan fingerprint density at radius 1 is 1.03 bits per heavy atom. The summed E-state index contributed by atoms with van der Waals surface area (Å²) in [5, 5.41) is 12.0. The smallest absolute Gasteiger partial charge is 0.337 e. The lowest BCUT2D eigenvalue weighted by Crippen LogP contribution is -2.29. The summed E-state index contributed by atoms with van der Waals surface area (Å²) in [5.74, 6) is -1.73. The lowest BCUT2D eigenvalue weighted by atomic mass is 10.1. The van der Waals surface area contributed by atoms with Gasteiger partial charge in [0.25, 0.3) is 11.7 Å². The van der Waals surface area contributed by atoms with Crippen LogP contribution in [0.4, 0.5) is 11.4 Å². The van der Waals surface area contributed by atoms with Crippen LogP contribution in [0.25, 0.3) is 0 Å². The van der Waals surface area contributed by atoms with E-state index in [0.717, 1.165) is 25.8 Å². The molecule has 1 amide bonds. The van der Waals surface area contributed by atoms with Gasteiger partial charge >= 0.3 is 5.97 Å². The number of carbonyl (C=O) groups excluding carboxylic acids is 2. The Balaban J connectivity index is 0.000000208. The Bertz CT molecular complexity index is 989. The maximum Gasteiger partial charge on any atom is 0.337 e. The molecule has 6 nitrogen and oxygen atoms in total. The predicted octanol–water partition coefficient (Wildman–Crippen LogP) is 5.19. The summed E-state index contributed by atoms with van der Waals surface area (Å²) in [4.78, 5) is 35.7. The van der Waals surface area contributed by atoms with Crippen LogP contribution in [0.1, 0.15) is 45.7 Å². The second-order valence-electron chi connectivity index (χ2n) is 6.38. The average Bonchev–Trinajstić information content (AvgIpc) is 2.93. The highest BCUT2D eigenvalue weighted by Gasteiger charge is 2.36. The molecule has 0 spiro atoms. The van der Waals surface area contributed by atoms with Gasteiger partial charge in [0.1, 0.15) is 0 Å². The molecule has 2 aromatic rings. The molecule has 0 bridgehead atoms. The van der Waals surface area contributed by atoms with Crippen molar-refractivity contribution in [3.63, 3.8) is 0 Å². The van der Waals surface area contributed by atoms with E-state index in [1.165, 1.54) is 4.90 Å². The second-order valence-corrected chi connectivity index (χ2v) is 8.09. The number of ketones is 1. The van der Waals surface area contributed by atoms with Crippen molar-refractivity contribution in [2.45, 2.75) is 27.7 Å². The molecule has 2 aromatic carbocycles. The maximum atomic E-state index is 11.6. The minimum absolute atomic E-state index is 0.313. The maximum absolute atomic E-state index is 11.6. The zero-order valence-electron chi connectivity index (χ0n) is 16.6. The monoisotopic (exact) mass is 524 g/mol. The van der Waals surface area contributed by atoms with Gasteiger partial charge in [-0.25, -0.2) is 4.79 Å². The largest absolute Gasteiger partial charge is 0.478 e. The predicted molar refractivity (Wildman–Crippen MR) is 121 cm³/mol. The van der Waals surface area contributed by atoms with Gasteiger partial charge in [-0.3, -0.25) is 9.59 Å². The van der Waals surface area contributed by atoms with Crippen LogP contribution in [0.2, 0.25) is 0 Å². The number of hydrogen-bond donors (Lipinski definition) is 2. The third-order valence-electron chi connectivity index (χ3n) is 4.62. The Morgan fingerprint density at radius 2 is 1.62 bits per heavy atom. The molecule has 29 heavy (non-hydrogen) atoms. The standard InChI is InChI=1S/C11H10BrNO2.C10H12BrNO2/c1-3-13-9-6(2)8(12)5-4-7(9)10(14)11(13)15;1-3-12-9-6(2)8(11)5-4-7(9)10(13)14/h4-5H,3H2,1-2H3;4-5,12H,3H2,1-2H3,(H,13,14). The number of likely N-dealkylation sites (N-methyl/N-ethyl adjacent to an activating group) is 1. The van der Waals surface area contributed by atoms with Crippen LogP contribution >= 0.6 is 31.9 Å². The lowest BCUT2D eigenvalue weighted by Gasteiger charge is -2.16. The first-order chi connectivity index (χ1) is 13.6. The first kappa shape index (κ1) is 23.1. The number of carboxylic acid groups (broad SMARTS) is 1. The van der Waals surface area contributed by atoms with Gasteiger partial charge in [0.05, 0.1) is 22.5 Å². The van der Waals surface area contributed by atoms with Crippen LogP contribution in [0.5, 0.6) is 0 Å². The van der Waals surface area contributed by atoms with Crippen LogP contribution in [0, 0.1) is 13.8 Å². The van der Waals surface area contributed by atoms with E-state index in [2.05, 4.69) is 37.2 Å². The van der Waals surface area contributed by atoms with E-state index in [9.17, 15) is 14.4 Å². The van der Waals surface area contributed by atoms with E-state index in [1.807, 2.05) is 27.7 Å². The van der Waals surface area contributed by atoms with Crippen molar-refractivity contribution in [3.8, 4) is 0 Å². The van der Waals surface area contributed by atoms with Crippen molar-refractivity contribution in [3.05, 3.63) is 55.5 Å². The normalized spacial score (nSPS) is 12.4. The van der Waals surface area contributed by atoms with Crippen molar-refractivity contribution in [1.29, 1.82) is 0 Å². The average molecular weight is 526 g/mol. The van der Waals surface area contributed by atoms with Gasteiger partial charge in [-0.05, 0) is 63.1 Å². The van der Waals surface area contributed by atoms with Gasteiger partial charge < -0.3 is 15.3 Å². The molecule has 0 aromatic heterocycles. The summed E-state index contributed by atoms with van der Waals surface area (Å²) in [6.07, 6.45) is 0. The number of hydrogen-bond acceptors (Lipinski definition) is 4. The molecule has 1 aliphatic heterocycles. The highest BCUT2D eigenvalue weighted by Crippen LogP contribution is 2.35. The molecule has 2 N–H and O–H groups in total. The molecule has 1 heterocycles. The number of halogens is 2. The fourth-order valence-electron chi connectivity index (χ4n) is 3.12. The molecular formula is C21H22Br2N2O4. The minimum atomic E-state index is -0.906. The first-order valence-corrected chi connectivity index (χ1v) is 10.7. The summed E-state index contributed by atoms with van der Waals surface area (Å²) in [5.41, 5.74) is 4.13. The molecule has 0 saturated carbocycles. The topological polar surface area (TPSA) is 86.7 Å². The molecule has 0 saturated heterocycles. The number of carbonyl (C=O) groups is 3. The summed E-state index contributed by atoms with van der Waals surface area (Å²) in [6.45, 7) is 8.81. The van der Waals surface area contributed by atoms with E-state index >= 15 is 0 Å². The molecule has 0 fully saturated rings. The number of benzene rings is 2. The van der Waals surface area contributed by atoms with Crippen LogP contribution in [0.3, 0.4) is 0 Å². The quantitative estimate of drug-likeness (QED) is 0.536. The highest BCUT2D eigenvalue weighted by molar-refractivity contribution is 9.10. The molecule has 1 aliphatic rings. The van der Waals surface area contributed by atoms with Gasteiger partial charge in [0.15, 0.2) is 0 Å².